The first-order chi connectivity index (χ1) is 10.3. The first-order valence-electron chi connectivity index (χ1n) is 6.10. The van der Waals surface area contributed by atoms with Gasteiger partial charge < -0.3 is 9.84 Å². The van der Waals surface area contributed by atoms with Gasteiger partial charge in [0.1, 0.15) is 12.4 Å². The van der Waals surface area contributed by atoms with E-state index in [-0.39, 0.29) is 17.1 Å². The Kier molecular flexibility index (Phi) is 4.34. The summed E-state index contributed by atoms with van der Waals surface area (Å²) in [6, 6.07) is 4.67. The van der Waals surface area contributed by atoms with Gasteiger partial charge in [0.2, 0.25) is 0 Å². The van der Waals surface area contributed by atoms with Crippen molar-refractivity contribution in [2.24, 2.45) is 0 Å². The quantitative estimate of drug-likeness (QED) is 0.852. The molecule has 9 heteroatoms. The summed E-state index contributed by atoms with van der Waals surface area (Å²) in [5.41, 5.74) is 0.434. The molecular formula is C13H11F4N3O2. The monoisotopic (exact) mass is 317 g/mol. The van der Waals surface area contributed by atoms with Gasteiger partial charge in [-0.05, 0) is 19.1 Å². The number of anilines is 1. The number of carbonyl (C=O) groups excluding carboxylic acids is 1. The van der Waals surface area contributed by atoms with Gasteiger partial charge >= 0.3 is 12.2 Å². The molecule has 0 atom stereocenters. The summed E-state index contributed by atoms with van der Waals surface area (Å²) in [4.78, 5) is 11.3. The van der Waals surface area contributed by atoms with Gasteiger partial charge in [0.05, 0.1) is 5.56 Å². The van der Waals surface area contributed by atoms with Crippen molar-refractivity contribution >= 4 is 11.8 Å². The van der Waals surface area contributed by atoms with Crippen molar-refractivity contribution in [3.8, 4) is 11.3 Å². The van der Waals surface area contributed by atoms with Gasteiger partial charge in [-0.15, -0.1) is 0 Å². The lowest BCUT2D eigenvalue weighted by molar-refractivity contribution is -0.122. The molecule has 0 unspecified atom stereocenters. The molecule has 0 fully saturated rings. The molecule has 0 radical (unpaired) electrons. The van der Waals surface area contributed by atoms with E-state index in [1.807, 2.05) is 0 Å². The number of nitrogens with one attached hydrogen (secondary N) is 2. The van der Waals surface area contributed by atoms with E-state index >= 15 is 0 Å². The Bertz CT molecular complexity index is 682. The van der Waals surface area contributed by atoms with Crippen LogP contribution in [-0.4, -0.2) is 23.9 Å². The summed E-state index contributed by atoms with van der Waals surface area (Å²) in [6.07, 6.45) is -4.52. The van der Waals surface area contributed by atoms with Crippen LogP contribution in [0.5, 0.6) is 0 Å². The normalized spacial score (nSPS) is 11.3. The first kappa shape index (κ1) is 15.8. The summed E-state index contributed by atoms with van der Waals surface area (Å²) in [5, 5.41) is 7.27. The van der Waals surface area contributed by atoms with E-state index in [1.54, 1.807) is 11.4 Å². The third-order valence-electron chi connectivity index (χ3n) is 2.72. The molecule has 2 rings (SSSR count). The zero-order valence-corrected chi connectivity index (χ0v) is 11.3. The molecule has 118 valence electrons. The number of rotatable bonds is 3. The van der Waals surface area contributed by atoms with Gasteiger partial charge in [-0.2, -0.15) is 13.2 Å². The number of urea groups is 1. The van der Waals surface area contributed by atoms with Gasteiger partial charge in [0.25, 0.3) is 0 Å². The summed E-state index contributed by atoms with van der Waals surface area (Å²) in [7, 11) is 0. The van der Waals surface area contributed by atoms with E-state index < -0.39 is 24.6 Å². The molecule has 0 aliphatic heterocycles. The van der Waals surface area contributed by atoms with Gasteiger partial charge in [0.15, 0.2) is 11.6 Å². The second-order valence-electron chi connectivity index (χ2n) is 4.39. The minimum absolute atomic E-state index is 0.0853. The maximum atomic E-state index is 13.7. The third-order valence-corrected chi connectivity index (χ3v) is 2.72. The zero-order chi connectivity index (χ0) is 16.3. The van der Waals surface area contributed by atoms with Crippen LogP contribution in [0.2, 0.25) is 0 Å². The largest absolute Gasteiger partial charge is 0.405 e. The zero-order valence-electron chi connectivity index (χ0n) is 11.3. The van der Waals surface area contributed by atoms with Gasteiger partial charge in [-0.3, -0.25) is 5.32 Å². The van der Waals surface area contributed by atoms with Crippen LogP contribution in [0.15, 0.2) is 28.8 Å². The Morgan fingerprint density at radius 2 is 2.00 bits per heavy atom. The highest BCUT2D eigenvalue weighted by Crippen LogP contribution is 2.30. The van der Waals surface area contributed by atoms with Crippen molar-refractivity contribution in [3.63, 3.8) is 0 Å². The SMILES string of the molecule is Cc1c(NC(=O)NCC(F)(F)F)noc1-c1ccccc1F. The molecule has 22 heavy (non-hydrogen) atoms. The number of benzene rings is 1. The number of halogens is 4. The van der Waals surface area contributed by atoms with Crippen molar-refractivity contribution in [1.29, 1.82) is 0 Å². The lowest BCUT2D eigenvalue weighted by Crippen LogP contribution is -2.36. The predicted octanol–water partition coefficient (Wildman–Crippen LogP) is 3.47. The van der Waals surface area contributed by atoms with Crippen LogP contribution >= 0.6 is 0 Å². The first-order valence-corrected chi connectivity index (χ1v) is 6.10. The van der Waals surface area contributed by atoms with E-state index in [1.165, 1.54) is 25.1 Å². The minimum atomic E-state index is -4.52. The van der Waals surface area contributed by atoms with E-state index in [0.29, 0.717) is 5.56 Å². The Balaban J connectivity index is 2.12. The Labute approximate surface area is 122 Å². The standard InChI is InChI=1S/C13H11F4N3O2/c1-7-10(8-4-2-3-5-9(8)14)22-20-11(7)19-12(21)18-6-13(15,16)17/h2-5H,6H2,1H3,(H2,18,19,20,21). The van der Waals surface area contributed by atoms with E-state index in [2.05, 4.69) is 10.5 Å². The Morgan fingerprint density at radius 3 is 2.64 bits per heavy atom. The molecule has 1 heterocycles. The molecule has 0 saturated heterocycles. The average Bonchev–Trinajstić information content (AvgIpc) is 2.78. The highest BCUT2D eigenvalue weighted by Gasteiger charge is 2.28. The summed E-state index contributed by atoms with van der Waals surface area (Å²) >= 11 is 0. The molecule has 2 aromatic rings. The van der Waals surface area contributed by atoms with Gasteiger partial charge in [-0.1, -0.05) is 17.3 Å². The molecule has 0 aliphatic carbocycles. The third kappa shape index (κ3) is 3.74. The lowest BCUT2D eigenvalue weighted by atomic mass is 10.1. The van der Waals surface area contributed by atoms with E-state index in [0.717, 1.165) is 0 Å². The minimum Gasteiger partial charge on any atom is -0.354 e. The van der Waals surface area contributed by atoms with E-state index in [9.17, 15) is 22.4 Å². The number of amides is 2. The predicted molar refractivity (Wildman–Crippen MR) is 69.7 cm³/mol. The van der Waals surface area contributed by atoms with Crippen molar-refractivity contribution < 1.29 is 26.9 Å². The van der Waals surface area contributed by atoms with Crippen molar-refractivity contribution in [3.05, 3.63) is 35.6 Å². The molecule has 0 bridgehead atoms. The number of alkyl halides is 3. The fourth-order valence-electron chi connectivity index (χ4n) is 1.68. The fourth-order valence-corrected chi connectivity index (χ4v) is 1.68. The maximum absolute atomic E-state index is 13.7. The van der Waals surface area contributed by atoms with Gasteiger partial charge in [-0.25, -0.2) is 9.18 Å². The highest BCUT2D eigenvalue weighted by molar-refractivity contribution is 5.89. The number of aromatic nitrogens is 1. The average molecular weight is 317 g/mol. The van der Waals surface area contributed by atoms with Crippen LogP contribution in [0, 0.1) is 12.7 Å². The topological polar surface area (TPSA) is 67.2 Å². The molecule has 2 N–H and O–H groups in total. The number of hydrogen-bond acceptors (Lipinski definition) is 3. The summed E-state index contributed by atoms with van der Waals surface area (Å²) in [5.74, 6) is -0.544. The van der Waals surface area contributed by atoms with Crippen molar-refractivity contribution in [1.82, 2.24) is 10.5 Å². The van der Waals surface area contributed by atoms with Crippen LogP contribution in [0.1, 0.15) is 5.56 Å². The number of carbonyl (C=O) groups is 1. The van der Waals surface area contributed by atoms with Crippen molar-refractivity contribution in [2.45, 2.75) is 13.1 Å². The fraction of sp³-hybridized carbons (Fsp3) is 0.231. The second kappa shape index (κ2) is 6.04. The molecule has 1 aromatic heterocycles. The van der Waals surface area contributed by atoms with Crippen LogP contribution < -0.4 is 10.6 Å². The Hall–Kier alpha value is -2.58. The van der Waals surface area contributed by atoms with E-state index in [4.69, 9.17) is 4.52 Å². The lowest BCUT2D eigenvalue weighted by Gasteiger charge is -2.08. The highest BCUT2D eigenvalue weighted by atomic mass is 19.4. The van der Waals surface area contributed by atoms with Gasteiger partial charge in [0, 0.05) is 5.56 Å². The molecule has 0 aliphatic rings. The molecule has 0 spiro atoms. The van der Waals surface area contributed by atoms with Crippen LogP contribution in [0.3, 0.4) is 0 Å². The smallest absolute Gasteiger partial charge is 0.354 e. The maximum Gasteiger partial charge on any atom is 0.405 e. The molecule has 0 saturated carbocycles. The van der Waals surface area contributed by atoms with Crippen LogP contribution in [0.4, 0.5) is 28.2 Å². The van der Waals surface area contributed by atoms with Crippen LogP contribution in [-0.2, 0) is 0 Å². The molecule has 5 nitrogen and oxygen atoms in total. The molecular weight excluding hydrogens is 306 g/mol. The van der Waals surface area contributed by atoms with Crippen molar-refractivity contribution in [2.75, 3.05) is 11.9 Å². The second-order valence-corrected chi connectivity index (χ2v) is 4.39. The summed E-state index contributed by atoms with van der Waals surface area (Å²) in [6.45, 7) is 0.0214. The molecule has 2 amide bonds. The number of nitrogens with zero attached hydrogens (tertiary/aromatic N) is 1. The molecule has 1 aromatic carbocycles. The number of hydrogen-bond donors (Lipinski definition) is 2. The summed E-state index contributed by atoms with van der Waals surface area (Å²) < 4.78 is 54.6. The van der Waals surface area contributed by atoms with Crippen LogP contribution in [0.25, 0.3) is 11.3 Å². The Morgan fingerprint density at radius 1 is 1.32 bits per heavy atom.